The van der Waals surface area contributed by atoms with Gasteiger partial charge >= 0.3 is 0 Å². The highest BCUT2D eigenvalue weighted by molar-refractivity contribution is 6.05. The lowest BCUT2D eigenvalue weighted by atomic mass is 10.1. The minimum absolute atomic E-state index is 0.122. The number of benzene rings is 2. The van der Waals surface area contributed by atoms with Crippen LogP contribution in [-0.2, 0) is 11.3 Å². The molecular weight excluding hydrogens is 352 g/mol. The van der Waals surface area contributed by atoms with Crippen molar-refractivity contribution in [1.29, 1.82) is 0 Å². The fourth-order valence-corrected chi connectivity index (χ4v) is 2.54. The fraction of sp³-hybridized carbons (Fsp3) is 0.0455. The molecule has 3 aromatic rings. The summed E-state index contributed by atoms with van der Waals surface area (Å²) in [6, 6.07) is 19.5. The monoisotopic (exact) mass is 372 g/mol. The fourth-order valence-electron chi connectivity index (χ4n) is 2.54. The first kappa shape index (κ1) is 18.8. The number of carbonyl (C=O) groups is 2. The van der Waals surface area contributed by atoms with Crippen LogP contribution in [0.4, 0.5) is 5.69 Å². The summed E-state index contributed by atoms with van der Waals surface area (Å²) in [7, 11) is 0. The van der Waals surface area contributed by atoms with Gasteiger partial charge in [-0.05, 0) is 41.5 Å². The molecule has 3 rings (SSSR count). The van der Waals surface area contributed by atoms with Crippen molar-refractivity contribution in [2.75, 3.05) is 5.73 Å². The third-order valence-corrected chi connectivity index (χ3v) is 4.02. The van der Waals surface area contributed by atoms with Gasteiger partial charge in [-0.1, -0.05) is 42.5 Å². The minimum atomic E-state index is -0.420. The molecule has 0 aliphatic rings. The van der Waals surface area contributed by atoms with Crippen LogP contribution in [-0.4, -0.2) is 16.8 Å². The smallest absolute Gasteiger partial charge is 0.268 e. The van der Waals surface area contributed by atoms with Gasteiger partial charge in [-0.2, -0.15) is 0 Å². The number of hydrogen-bond acceptors (Lipinski definition) is 4. The van der Waals surface area contributed by atoms with E-state index in [4.69, 9.17) is 5.73 Å². The standard InChI is InChI=1S/C22H20N4O2/c23-19-11-5-4-10-18(19)15-25-22(28)20(13-16-7-6-12-24-14-16)26-21(27)17-8-2-1-3-9-17/h1-14H,15,23H2,(H,25,28)(H,26,27)/b20-13-. The molecule has 2 amide bonds. The maximum atomic E-state index is 12.7. The minimum Gasteiger partial charge on any atom is -0.398 e. The molecule has 0 bridgehead atoms. The molecule has 140 valence electrons. The molecule has 0 fully saturated rings. The van der Waals surface area contributed by atoms with Crippen LogP contribution < -0.4 is 16.4 Å². The van der Waals surface area contributed by atoms with Crippen molar-refractivity contribution in [1.82, 2.24) is 15.6 Å². The number of para-hydroxylation sites is 1. The lowest BCUT2D eigenvalue weighted by Crippen LogP contribution is -2.34. The van der Waals surface area contributed by atoms with E-state index in [1.54, 1.807) is 60.9 Å². The lowest BCUT2D eigenvalue weighted by Gasteiger charge is -2.12. The first-order valence-corrected chi connectivity index (χ1v) is 8.73. The second kappa shape index (κ2) is 9.14. The Labute approximate surface area is 163 Å². The van der Waals surface area contributed by atoms with E-state index in [9.17, 15) is 9.59 Å². The Kier molecular flexibility index (Phi) is 6.15. The third-order valence-electron chi connectivity index (χ3n) is 4.02. The number of carbonyl (C=O) groups excluding carboxylic acids is 2. The topological polar surface area (TPSA) is 97.1 Å². The highest BCUT2D eigenvalue weighted by Crippen LogP contribution is 2.11. The van der Waals surface area contributed by atoms with Crippen molar-refractivity contribution in [3.05, 3.63) is 102 Å². The molecule has 0 unspecified atom stereocenters. The van der Waals surface area contributed by atoms with Gasteiger partial charge in [0.1, 0.15) is 5.70 Å². The quantitative estimate of drug-likeness (QED) is 0.458. The van der Waals surface area contributed by atoms with E-state index < -0.39 is 5.91 Å². The number of pyridine rings is 1. The summed E-state index contributed by atoms with van der Waals surface area (Å²) in [5.74, 6) is -0.790. The SMILES string of the molecule is Nc1ccccc1CNC(=O)/C(=C/c1cccnc1)NC(=O)c1ccccc1. The summed E-state index contributed by atoms with van der Waals surface area (Å²) in [5, 5.41) is 5.48. The molecular formula is C22H20N4O2. The Morgan fingerprint density at radius 1 is 0.964 bits per heavy atom. The van der Waals surface area contributed by atoms with Crippen LogP contribution in [0, 0.1) is 0 Å². The highest BCUT2D eigenvalue weighted by atomic mass is 16.2. The zero-order valence-corrected chi connectivity index (χ0v) is 15.1. The molecule has 1 aromatic heterocycles. The van der Waals surface area contributed by atoms with Crippen molar-refractivity contribution < 1.29 is 9.59 Å². The van der Waals surface area contributed by atoms with E-state index in [1.807, 2.05) is 24.3 Å². The van der Waals surface area contributed by atoms with E-state index >= 15 is 0 Å². The Hall–Kier alpha value is -3.93. The Balaban J connectivity index is 1.79. The van der Waals surface area contributed by atoms with Crippen molar-refractivity contribution in [3.8, 4) is 0 Å². The van der Waals surface area contributed by atoms with Crippen molar-refractivity contribution in [2.24, 2.45) is 0 Å². The second-order valence-electron chi connectivity index (χ2n) is 6.05. The van der Waals surface area contributed by atoms with Gasteiger partial charge in [-0.15, -0.1) is 0 Å². The van der Waals surface area contributed by atoms with E-state index in [0.717, 1.165) is 5.56 Å². The van der Waals surface area contributed by atoms with Crippen molar-refractivity contribution in [2.45, 2.75) is 6.54 Å². The van der Waals surface area contributed by atoms with Gasteiger partial charge in [0, 0.05) is 30.2 Å². The van der Waals surface area contributed by atoms with Gasteiger partial charge in [0.05, 0.1) is 0 Å². The maximum absolute atomic E-state index is 12.7. The molecule has 1 heterocycles. The van der Waals surface area contributed by atoms with Crippen LogP contribution in [0.5, 0.6) is 0 Å². The highest BCUT2D eigenvalue weighted by Gasteiger charge is 2.15. The first-order valence-electron chi connectivity index (χ1n) is 8.73. The van der Waals surface area contributed by atoms with Crippen LogP contribution >= 0.6 is 0 Å². The Bertz CT molecular complexity index is 986. The number of aromatic nitrogens is 1. The van der Waals surface area contributed by atoms with Crippen molar-refractivity contribution >= 4 is 23.6 Å². The van der Waals surface area contributed by atoms with Gasteiger partial charge < -0.3 is 16.4 Å². The van der Waals surface area contributed by atoms with Crippen molar-refractivity contribution in [3.63, 3.8) is 0 Å². The molecule has 0 radical (unpaired) electrons. The van der Waals surface area contributed by atoms with E-state index in [1.165, 1.54) is 0 Å². The number of anilines is 1. The van der Waals surface area contributed by atoms with Crippen LogP contribution in [0.1, 0.15) is 21.5 Å². The maximum Gasteiger partial charge on any atom is 0.268 e. The largest absolute Gasteiger partial charge is 0.398 e. The summed E-state index contributed by atoms with van der Waals surface area (Å²) >= 11 is 0. The number of amides is 2. The molecule has 0 aliphatic carbocycles. The lowest BCUT2D eigenvalue weighted by molar-refractivity contribution is -0.117. The normalized spacial score (nSPS) is 10.9. The number of nitrogens with one attached hydrogen (secondary N) is 2. The number of rotatable bonds is 6. The molecule has 6 heteroatoms. The molecule has 0 spiro atoms. The molecule has 0 saturated carbocycles. The summed E-state index contributed by atoms with van der Waals surface area (Å²) in [5.41, 5.74) is 8.58. The second-order valence-corrected chi connectivity index (χ2v) is 6.05. The van der Waals surface area contributed by atoms with Crippen LogP contribution in [0.15, 0.2) is 84.8 Å². The number of hydrogen-bond donors (Lipinski definition) is 3. The number of nitrogens with two attached hydrogens (primary N) is 1. The molecule has 0 atom stereocenters. The van der Waals surface area contributed by atoms with Gasteiger partial charge in [-0.25, -0.2) is 0 Å². The molecule has 4 N–H and O–H groups in total. The molecule has 6 nitrogen and oxygen atoms in total. The summed E-state index contributed by atoms with van der Waals surface area (Å²) < 4.78 is 0. The predicted octanol–water partition coefficient (Wildman–Crippen LogP) is 2.75. The van der Waals surface area contributed by atoms with Crippen LogP contribution in [0.3, 0.4) is 0 Å². The Morgan fingerprint density at radius 3 is 2.43 bits per heavy atom. The molecule has 0 aliphatic heterocycles. The van der Waals surface area contributed by atoms with E-state index in [-0.39, 0.29) is 18.1 Å². The zero-order valence-electron chi connectivity index (χ0n) is 15.1. The van der Waals surface area contributed by atoms with Crippen LogP contribution in [0.2, 0.25) is 0 Å². The zero-order chi connectivity index (χ0) is 19.8. The molecule has 0 saturated heterocycles. The average molecular weight is 372 g/mol. The summed E-state index contributed by atoms with van der Waals surface area (Å²) in [4.78, 5) is 29.3. The average Bonchev–Trinajstić information content (AvgIpc) is 2.74. The number of nitrogen functional groups attached to an aromatic ring is 1. The van der Waals surface area contributed by atoms with Gasteiger partial charge in [0.2, 0.25) is 0 Å². The third kappa shape index (κ3) is 5.04. The van der Waals surface area contributed by atoms with E-state index in [0.29, 0.717) is 16.8 Å². The molecule has 2 aromatic carbocycles. The molecule has 28 heavy (non-hydrogen) atoms. The summed E-state index contributed by atoms with van der Waals surface area (Å²) in [6.07, 6.45) is 4.83. The predicted molar refractivity (Wildman–Crippen MR) is 109 cm³/mol. The van der Waals surface area contributed by atoms with Crippen LogP contribution in [0.25, 0.3) is 6.08 Å². The van der Waals surface area contributed by atoms with Gasteiger partial charge in [-0.3, -0.25) is 14.6 Å². The van der Waals surface area contributed by atoms with Gasteiger partial charge in [0.25, 0.3) is 11.8 Å². The Morgan fingerprint density at radius 2 is 1.71 bits per heavy atom. The van der Waals surface area contributed by atoms with E-state index in [2.05, 4.69) is 15.6 Å². The van der Waals surface area contributed by atoms with Gasteiger partial charge in [0.15, 0.2) is 0 Å². The first-order chi connectivity index (χ1) is 13.6. The number of nitrogens with zero attached hydrogens (tertiary/aromatic N) is 1. The summed E-state index contributed by atoms with van der Waals surface area (Å²) in [6.45, 7) is 0.247.